The van der Waals surface area contributed by atoms with Gasteiger partial charge in [-0.15, -0.1) is 0 Å². The molecular weight excluding hydrogens is 717 g/mol. The molecule has 0 bridgehead atoms. The Morgan fingerprint density at radius 1 is 0.604 bits per heavy atom. The fourth-order valence-electron chi connectivity index (χ4n) is 5.96. The van der Waals surface area contributed by atoms with Crippen LogP contribution in [0.25, 0.3) is 0 Å². The molecule has 2 N–H and O–H groups in total. The Hall–Kier alpha value is 0.710. The number of hydrogen-bond acceptors (Lipinski definition) is 10. The largest absolute Gasteiger partial charge is 1.00 e. The first kappa shape index (κ1) is 58.0. The van der Waals surface area contributed by atoms with Gasteiger partial charge in [0.2, 0.25) is 0 Å². The number of carbonyl (C=O) groups excluding carboxylic acids is 2. The summed E-state index contributed by atoms with van der Waals surface area (Å²) in [5, 5.41) is 18.9. The van der Waals surface area contributed by atoms with Crippen LogP contribution in [0.15, 0.2) is 12.2 Å². The predicted molar refractivity (Wildman–Crippen MR) is 201 cm³/mol. The van der Waals surface area contributed by atoms with Gasteiger partial charge in [-0.25, -0.2) is 0 Å². The van der Waals surface area contributed by atoms with Gasteiger partial charge in [0.25, 0.3) is 0 Å². The summed E-state index contributed by atoms with van der Waals surface area (Å²) < 4.78 is 27.4. The van der Waals surface area contributed by atoms with E-state index in [0.717, 1.165) is 57.8 Å². The van der Waals surface area contributed by atoms with Crippen molar-refractivity contribution in [1.29, 1.82) is 0 Å². The number of allylic oxidation sites excluding steroid dienone is 2. The van der Waals surface area contributed by atoms with Crippen molar-refractivity contribution in [1.82, 2.24) is 0 Å². The smallest absolute Gasteiger partial charge is 0.809 e. The summed E-state index contributed by atoms with van der Waals surface area (Å²) in [5.74, 6) is -3.25. The van der Waals surface area contributed by atoms with Crippen LogP contribution < -0.4 is 68.9 Å². The van der Waals surface area contributed by atoms with E-state index in [1.807, 2.05) is 0 Å². The molecule has 0 fully saturated rings. The van der Waals surface area contributed by atoms with Crippen LogP contribution in [0, 0.1) is 0 Å². The van der Waals surface area contributed by atoms with Gasteiger partial charge in [0, 0.05) is 12.8 Å². The number of carbonyl (C=O) groups is 2. The number of esters is 2. The number of ether oxygens (including phenoxy) is 3. The summed E-state index contributed by atoms with van der Waals surface area (Å²) in [7, 11) is -5.45. The molecule has 0 spiro atoms. The van der Waals surface area contributed by atoms with E-state index in [1.54, 1.807) is 0 Å². The second-order valence-electron chi connectivity index (χ2n) is 14.1. The van der Waals surface area contributed by atoms with Crippen LogP contribution in [0.3, 0.4) is 0 Å². The first-order valence-electron chi connectivity index (χ1n) is 20.6. The van der Waals surface area contributed by atoms with Crippen molar-refractivity contribution in [2.45, 2.75) is 212 Å². The van der Waals surface area contributed by atoms with E-state index in [4.69, 9.17) is 19.3 Å². The zero-order valence-electron chi connectivity index (χ0n) is 34.4. The topological polar surface area (TPSA) is 165 Å². The van der Waals surface area contributed by atoms with Crippen molar-refractivity contribution >= 4 is 19.5 Å². The summed E-state index contributed by atoms with van der Waals surface area (Å²) >= 11 is 0. The molecule has 302 valence electrons. The molecule has 0 radical (unpaired) electrons. The Bertz CT molecular complexity index is 890. The fraction of sp³-hybridized carbons (Fsp3) is 0.900. The van der Waals surface area contributed by atoms with E-state index in [0.29, 0.717) is 12.8 Å². The quantitative estimate of drug-likeness (QED) is 0.0312. The monoisotopic (exact) mass is 792 g/mol. The summed E-state index contributed by atoms with van der Waals surface area (Å²) in [4.78, 5) is 48.1. The Balaban J connectivity index is -0.0000125. The van der Waals surface area contributed by atoms with Crippen LogP contribution in [0.2, 0.25) is 0 Å². The Morgan fingerprint density at radius 2 is 0.981 bits per heavy atom. The summed E-state index contributed by atoms with van der Waals surface area (Å²) in [6.45, 7) is 2.49. The standard InChI is InChI=1S/C40H77O10P.2Na/c1-3-5-7-9-11-13-15-17-18-20-22-24-26-28-30-32-39(44)50-36(35-49-40(37(42)33-41)51(45,46)47)34-48-38(43)31-29-27-25-23-21-19-16-14-12-10-8-6-4-2;;/h17-18,36-37,40-42H,3-16,19-35H2,1-2H3,(H2,45,46,47);;/q;2*+1/p-2/b18-17-;;/t36-,37?,40?;;/m1../s1. The molecule has 13 heteroatoms. The normalized spacial score (nSPS) is 13.2. The van der Waals surface area contributed by atoms with E-state index in [1.165, 1.54) is 96.3 Å². The van der Waals surface area contributed by atoms with Gasteiger partial charge >= 0.3 is 71.1 Å². The molecule has 0 amide bonds. The van der Waals surface area contributed by atoms with Crippen molar-refractivity contribution in [3.63, 3.8) is 0 Å². The molecule has 0 heterocycles. The van der Waals surface area contributed by atoms with Crippen LogP contribution in [0.1, 0.15) is 194 Å². The molecule has 10 nitrogen and oxygen atoms in total. The molecule has 0 aliphatic rings. The van der Waals surface area contributed by atoms with E-state index < -0.39 is 50.8 Å². The Labute approximate surface area is 367 Å². The number of rotatable bonds is 38. The van der Waals surface area contributed by atoms with E-state index in [-0.39, 0.29) is 78.6 Å². The van der Waals surface area contributed by atoms with Gasteiger partial charge in [0.1, 0.15) is 18.6 Å². The van der Waals surface area contributed by atoms with Gasteiger partial charge in [0.05, 0.1) is 13.2 Å². The molecule has 0 aromatic heterocycles. The molecule has 0 aromatic carbocycles. The SMILES string of the molecule is CCCCCCCC/C=C\CCCCCCCC(=O)O[C@H](COC(=O)CCCCCCCCCCCCCCC)COC(C(O)CO)P(=O)([O-])[O-].[Na+].[Na+]. The molecule has 3 atom stereocenters. The van der Waals surface area contributed by atoms with Crippen molar-refractivity contribution in [3.05, 3.63) is 12.2 Å². The number of hydrogen-bond donors (Lipinski definition) is 2. The van der Waals surface area contributed by atoms with Crippen LogP contribution in [-0.4, -0.2) is 60.0 Å². The van der Waals surface area contributed by atoms with E-state index in [2.05, 4.69) is 26.0 Å². The zero-order chi connectivity index (χ0) is 37.8. The molecule has 0 aromatic rings. The molecule has 0 rings (SSSR count). The Kier molecular flexibility index (Phi) is 46.3. The van der Waals surface area contributed by atoms with Gasteiger partial charge in [-0.3, -0.25) is 9.59 Å². The van der Waals surface area contributed by atoms with Crippen LogP contribution >= 0.6 is 7.60 Å². The summed E-state index contributed by atoms with van der Waals surface area (Å²) in [6, 6.07) is 0. The van der Waals surface area contributed by atoms with Crippen LogP contribution in [0.4, 0.5) is 0 Å². The van der Waals surface area contributed by atoms with Crippen molar-refractivity contribution in [3.8, 4) is 0 Å². The van der Waals surface area contributed by atoms with Crippen molar-refractivity contribution in [2.75, 3.05) is 19.8 Å². The van der Waals surface area contributed by atoms with Crippen LogP contribution in [-0.2, 0) is 28.4 Å². The molecule has 0 saturated heterocycles. The van der Waals surface area contributed by atoms with E-state index >= 15 is 0 Å². The maximum atomic E-state index is 12.6. The fourth-order valence-corrected chi connectivity index (χ4v) is 6.74. The third-order valence-electron chi connectivity index (χ3n) is 9.14. The number of unbranched alkanes of at least 4 members (excludes halogenated alkanes) is 23. The minimum absolute atomic E-state index is 0. The average Bonchev–Trinajstić information content (AvgIpc) is 3.10. The first-order chi connectivity index (χ1) is 24.6. The summed E-state index contributed by atoms with van der Waals surface area (Å²) in [6.07, 6.45) is 31.9. The van der Waals surface area contributed by atoms with Crippen molar-refractivity contribution < 1.29 is 107 Å². The third-order valence-corrected chi connectivity index (χ3v) is 10.3. The molecule has 2 unspecified atom stereocenters. The second kappa shape index (κ2) is 42.3. The molecule has 0 aliphatic heterocycles. The van der Waals surface area contributed by atoms with Crippen LogP contribution in [0.5, 0.6) is 0 Å². The number of aliphatic hydroxyl groups is 2. The molecule has 53 heavy (non-hydrogen) atoms. The minimum Gasteiger partial charge on any atom is -0.809 e. The van der Waals surface area contributed by atoms with Crippen molar-refractivity contribution in [2.24, 2.45) is 0 Å². The van der Waals surface area contributed by atoms with Gasteiger partial charge in [-0.1, -0.05) is 154 Å². The van der Waals surface area contributed by atoms with Gasteiger partial charge < -0.3 is 38.8 Å². The second-order valence-corrected chi connectivity index (χ2v) is 15.7. The number of aliphatic hydroxyl groups excluding tert-OH is 2. The average molecular weight is 793 g/mol. The molecule has 0 aliphatic carbocycles. The minimum atomic E-state index is -5.45. The zero-order valence-corrected chi connectivity index (χ0v) is 39.3. The third kappa shape index (κ3) is 39.3. The first-order valence-corrected chi connectivity index (χ1v) is 22.2. The molecule has 0 saturated carbocycles. The summed E-state index contributed by atoms with van der Waals surface area (Å²) in [5.41, 5.74) is 0. The maximum Gasteiger partial charge on any atom is 1.00 e. The maximum absolute atomic E-state index is 12.6. The van der Waals surface area contributed by atoms with Gasteiger partial charge in [-0.2, -0.15) is 0 Å². The van der Waals surface area contributed by atoms with E-state index in [9.17, 15) is 29.0 Å². The predicted octanol–water partition coefficient (Wildman–Crippen LogP) is 2.58. The van der Waals surface area contributed by atoms with Gasteiger partial charge in [-0.05, 0) is 46.1 Å². The Morgan fingerprint density at radius 3 is 1.38 bits per heavy atom. The van der Waals surface area contributed by atoms with Gasteiger partial charge in [0.15, 0.2) is 6.10 Å². The molecular formula is C40H75Na2O10P.